The molecule has 0 aromatic carbocycles. The average Bonchev–Trinajstić information content (AvgIpc) is 3.06. The maximum atomic E-state index is 11.8. The van der Waals surface area contributed by atoms with Crippen molar-refractivity contribution in [3.63, 3.8) is 0 Å². The highest BCUT2D eigenvalue weighted by Gasteiger charge is 2.27. The molecule has 1 saturated heterocycles. The summed E-state index contributed by atoms with van der Waals surface area (Å²) in [4.78, 5) is 18.3. The van der Waals surface area contributed by atoms with Crippen molar-refractivity contribution in [2.75, 3.05) is 26.7 Å². The van der Waals surface area contributed by atoms with Crippen LogP contribution in [0, 0.1) is 0 Å². The lowest BCUT2D eigenvalue weighted by Crippen LogP contribution is -2.43. The number of likely N-dealkylation sites (tertiary alicyclic amines) is 1. The van der Waals surface area contributed by atoms with E-state index in [1.54, 1.807) is 7.05 Å². The van der Waals surface area contributed by atoms with Gasteiger partial charge in [0.1, 0.15) is 12.1 Å². The molecule has 0 aliphatic carbocycles. The Kier molecular flexibility index (Phi) is 7.50. The minimum absolute atomic E-state index is 0. The lowest BCUT2D eigenvalue weighted by molar-refractivity contribution is -0.153. The Morgan fingerprint density at radius 3 is 2.75 bits per heavy atom. The van der Waals surface area contributed by atoms with Crippen LogP contribution in [0.4, 0.5) is 0 Å². The van der Waals surface area contributed by atoms with E-state index in [4.69, 9.17) is 4.74 Å². The Labute approximate surface area is 160 Å². The third-order valence-corrected chi connectivity index (χ3v) is 3.71. The van der Waals surface area contributed by atoms with Gasteiger partial charge in [-0.05, 0) is 32.8 Å². The summed E-state index contributed by atoms with van der Waals surface area (Å²) < 4.78 is 7.13. The number of carbonyl (C=O) groups excluding carboxylic acids is 1. The van der Waals surface area contributed by atoms with E-state index in [2.05, 4.69) is 26.5 Å². The molecule has 136 valence electrons. The van der Waals surface area contributed by atoms with Crippen molar-refractivity contribution in [1.29, 1.82) is 0 Å². The number of aliphatic imine (C=N–C) groups is 1. The van der Waals surface area contributed by atoms with Crippen LogP contribution in [0.3, 0.4) is 0 Å². The molecular formula is C16H28IN5O2. The number of aryl methyl sites for hydroxylation is 1. The smallest absolute Gasteiger partial charge is 0.325 e. The van der Waals surface area contributed by atoms with Crippen LogP contribution in [0.25, 0.3) is 0 Å². The van der Waals surface area contributed by atoms with Crippen LogP contribution in [0.2, 0.25) is 0 Å². The average molecular weight is 449 g/mol. The van der Waals surface area contributed by atoms with Crippen LogP contribution in [-0.2, 0) is 16.6 Å². The van der Waals surface area contributed by atoms with Gasteiger partial charge in [0.05, 0.1) is 6.20 Å². The molecule has 1 atom stereocenters. The molecule has 1 N–H and O–H groups in total. The van der Waals surface area contributed by atoms with Crippen molar-refractivity contribution in [1.82, 2.24) is 20.0 Å². The molecule has 1 aromatic heterocycles. The second-order valence-corrected chi connectivity index (χ2v) is 6.87. The fourth-order valence-electron chi connectivity index (χ4n) is 2.74. The highest BCUT2D eigenvalue weighted by atomic mass is 127. The molecule has 0 amide bonds. The van der Waals surface area contributed by atoms with Crippen LogP contribution < -0.4 is 5.32 Å². The van der Waals surface area contributed by atoms with E-state index in [1.807, 2.05) is 38.7 Å². The first-order valence-corrected chi connectivity index (χ1v) is 7.94. The molecule has 0 spiro atoms. The number of guanidine groups is 1. The molecule has 1 aliphatic heterocycles. The number of rotatable bonds is 3. The minimum Gasteiger partial charge on any atom is -0.459 e. The summed E-state index contributed by atoms with van der Waals surface area (Å²) in [6.45, 7) is 7.49. The Balaban J connectivity index is 0.00000288. The molecule has 1 aliphatic rings. The summed E-state index contributed by atoms with van der Waals surface area (Å²) >= 11 is 0. The maximum absolute atomic E-state index is 11.8. The molecule has 0 bridgehead atoms. The standard InChI is InChI=1S/C16H27N5O2.HI/c1-16(2,3)23-14(22)9-18-15(17-4)21-7-6-12(11-21)13-8-19-20(5)10-13;/h8,10,12H,6-7,9,11H2,1-5H3,(H,17,18);1H. The monoisotopic (exact) mass is 449 g/mol. The number of halogens is 1. The van der Waals surface area contributed by atoms with Gasteiger partial charge in [0.25, 0.3) is 0 Å². The highest BCUT2D eigenvalue weighted by molar-refractivity contribution is 14.0. The van der Waals surface area contributed by atoms with Gasteiger partial charge >= 0.3 is 5.97 Å². The number of nitrogens with zero attached hydrogens (tertiary/aromatic N) is 4. The second kappa shape index (κ2) is 8.68. The van der Waals surface area contributed by atoms with E-state index >= 15 is 0 Å². The number of hydrogen-bond donors (Lipinski definition) is 1. The number of hydrogen-bond acceptors (Lipinski definition) is 4. The van der Waals surface area contributed by atoms with Gasteiger partial charge in [0.15, 0.2) is 5.96 Å². The quantitative estimate of drug-likeness (QED) is 0.330. The number of ether oxygens (including phenoxy) is 1. The SMILES string of the molecule is CN=C(NCC(=O)OC(C)(C)C)N1CCC(c2cnn(C)c2)C1.I. The fraction of sp³-hybridized carbons (Fsp3) is 0.688. The third kappa shape index (κ3) is 5.95. The van der Waals surface area contributed by atoms with E-state index in [1.165, 1.54) is 5.56 Å². The van der Waals surface area contributed by atoms with Gasteiger partial charge in [0, 0.05) is 39.3 Å². The molecule has 8 heteroatoms. The zero-order chi connectivity index (χ0) is 17.0. The predicted octanol–water partition coefficient (Wildman–Crippen LogP) is 1.74. The molecule has 24 heavy (non-hydrogen) atoms. The minimum atomic E-state index is -0.471. The lowest BCUT2D eigenvalue weighted by Gasteiger charge is -2.23. The van der Waals surface area contributed by atoms with E-state index in [9.17, 15) is 4.79 Å². The molecule has 0 saturated carbocycles. The number of carbonyl (C=O) groups is 1. The van der Waals surface area contributed by atoms with E-state index in [0.29, 0.717) is 5.92 Å². The van der Waals surface area contributed by atoms with Gasteiger partial charge in [-0.2, -0.15) is 5.10 Å². The van der Waals surface area contributed by atoms with Crippen LogP contribution in [0.5, 0.6) is 0 Å². The van der Waals surface area contributed by atoms with Crippen LogP contribution in [0.15, 0.2) is 17.4 Å². The van der Waals surface area contributed by atoms with Crippen molar-refractivity contribution < 1.29 is 9.53 Å². The first kappa shape index (κ1) is 20.7. The normalized spacial score (nSPS) is 18.3. The first-order valence-electron chi connectivity index (χ1n) is 7.94. The molecule has 1 fully saturated rings. The van der Waals surface area contributed by atoms with Crippen LogP contribution in [0.1, 0.15) is 38.7 Å². The van der Waals surface area contributed by atoms with Crippen molar-refractivity contribution in [2.24, 2.45) is 12.0 Å². The number of esters is 1. The molecular weight excluding hydrogens is 421 g/mol. The molecule has 1 aromatic rings. The van der Waals surface area contributed by atoms with E-state index in [-0.39, 0.29) is 36.5 Å². The second-order valence-electron chi connectivity index (χ2n) is 6.87. The fourth-order valence-corrected chi connectivity index (χ4v) is 2.74. The van der Waals surface area contributed by atoms with Gasteiger partial charge in [-0.15, -0.1) is 24.0 Å². The van der Waals surface area contributed by atoms with Crippen molar-refractivity contribution in [3.8, 4) is 0 Å². The van der Waals surface area contributed by atoms with Gasteiger partial charge in [-0.25, -0.2) is 0 Å². The Hall–Kier alpha value is -1.32. The summed E-state index contributed by atoms with van der Waals surface area (Å²) in [5, 5.41) is 7.33. The predicted molar refractivity (Wildman–Crippen MR) is 105 cm³/mol. The van der Waals surface area contributed by atoms with Crippen LogP contribution >= 0.6 is 24.0 Å². The maximum Gasteiger partial charge on any atom is 0.325 e. The summed E-state index contributed by atoms with van der Waals surface area (Å²) in [6.07, 6.45) is 5.04. The van der Waals surface area contributed by atoms with Gasteiger partial charge in [0.2, 0.25) is 0 Å². The molecule has 2 heterocycles. The molecule has 1 unspecified atom stereocenters. The van der Waals surface area contributed by atoms with Crippen molar-refractivity contribution in [2.45, 2.75) is 38.7 Å². The molecule has 0 radical (unpaired) electrons. The summed E-state index contributed by atoms with van der Waals surface area (Å²) in [7, 11) is 3.66. The number of aromatic nitrogens is 2. The van der Waals surface area contributed by atoms with Gasteiger partial charge in [-0.1, -0.05) is 0 Å². The number of nitrogens with one attached hydrogen (secondary N) is 1. The molecule has 7 nitrogen and oxygen atoms in total. The van der Waals surface area contributed by atoms with Gasteiger partial charge < -0.3 is 15.0 Å². The zero-order valence-electron chi connectivity index (χ0n) is 15.1. The molecule has 2 rings (SSSR count). The first-order chi connectivity index (χ1) is 10.8. The largest absolute Gasteiger partial charge is 0.459 e. The topological polar surface area (TPSA) is 71.8 Å². The van der Waals surface area contributed by atoms with E-state index < -0.39 is 5.60 Å². The highest BCUT2D eigenvalue weighted by Crippen LogP contribution is 2.26. The van der Waals surface area contributed by atoms with Crippen molar-refractivity contribution in [3.05, 3.63) is 18.0 Å². The Morgan fingerprint density at radius 2 is 2.21 bits per heavy atom. The summed E-state index contributed by atoms with van der Waals surface area (Å²) in [5.74, 6) is 0.910. The van der Waals surface area contributed by atoms with Crippen molar-refractivity contribution >= 4 is 35.9 Å². The van der Waals surface area contributed by atoms with E-state index in [0.717, 1.165) is 25.5 Å². The Morgan fingerprint density at radius 1 is 1.50 bits per heavy atom. The van der Waals surface area contributed by atoms with Crippen LogP contribution in [-0.4, -0.2) is 58.9 Å². The lowest BCUT2D eigenvalue weighted by atomic mass is 10.0. The summed E-state index contributed by atoms with van der Waals surface area (Å²) in [5.41, 5.74) is 0.777. The van der Waals surface area contributed by atoms with Gasteiger partial charge in [-0.3, -0.25) is 14.5 Å². The summed E-state index contributed by atoms with van der Waals surface area (Å²) in [6, 6.07) is 0. The third-order valence-electron chi connectivity index (χ3n) is 3.71. The Bertz CT molecular complexity index is 579. The zero-order valence-corrected chi connectivity index (χ0v) is 17.4.